The Labute approximate surface area is 286 Å². The number of nitrogens with one attached hydrogen (secondary N) is 3. The highest BCUT2D eigenvalue weighted by Gasteiger charge is 2.39. The molecule has 0 aliphatic carbocycles. The van der Waals surface area contributed by atoms with Crippen LogP contribution in [0.5, 0.6) is 0 Å². The van der Waals surface area contributed by atoms with Gasteiger partial charge in [0.15, 0.2) is 0 Å². The molecule has 3 heterocycles. The number of rotatable bonds is 5. The predicted molar refractivity (Wildman–Crippen MR) is 184 cm³/mol. The molecule has 2 radical (unpaired) electrons. The fourth-order valence-corrected chi connectivity index (χ4v) is 6.45. The van der Waals surface area contributed by atoms with Crippen LogP contribution in [0.2, 0.25) is 5.02 Å². The van der Waals surface area contributed by atoms with Crippen molar-refractivity contribution in [1.29, 1.82) is 5.41 Å². The molecule has 0 bridgehead atoms. The molecule has 15 heteroatoms. The van der Waals surface area contributed by atoms with Crippen molar-refractivity contribution in [3.63, 3.8) is 0 Å². The Morgan fingerprint density at radius 2 is 1.71 bits per heavy atom. The summed E-state index contributed by atoms with van der Waals surface area (Å²) in [6.07, 6.45) is -3.95. The number of anilines is 2. The molecule has 2 aromatic heterocycles. The molecule has 1 aliphatic rings. The summed E-state index contributed by atoms with van der Waals surface area (Å²) >= 11 is 6.59. The van der Waals surface area contributed by atoms with Crippen LogP contribution in [-0.2, 0) is 17.2 Å². The maximum atomic E-state index is 14.7. The largest absolute Gasteiger partial charge is 0.418 e. The first-order chi connectivity index (χ1) is 22.8. The van der Waals surface area contributed by atoms with Crippen molar-refractivity contribution < 1.29 is 22.0 Å². The molecule has 0 amide bonds. The zero-order valence-corrected chi connectivity index (χ0v) is 28.5. The minimum Gasteiger partial charge on any atom is -0.374 e. The van der Waals surface area contributed by atoms with E-state index < -0.39 is 45.9 Å². The van der Waals surface area contributed by atoms with Gasteiger partial charge in [-0.1, -0.05) is 32.0 Å². The van der Waals surface area contributed by atoms with E-state index in [0.717, 1.165) is 12.4 Å². The van der Waals surface area contributed by atoms with Gasteiger partial charge in [-0.25, -0.2) is 18.7 Å². The lowest BCUT2D eigenvalue weighted by Crippen LogP contribution is -2.46. The van der Waals surface area contributed by atoms with Gasteiger partial charge < -0.3 is 25.5 Å². The highest BCUT2D eigenvalue weighted by Crippen LogP contribution is 2.48. The summed E-state index contributed by atoms with van der Waals surface area (Å²) in [5, 5.41) is 15.7. The normalized spacial score (nSPS) is 15.9. The lowest BCUT2D eigenvalue weighted by atomic mass is 9.79. The molecule has 3 aromatic carbocycles. The van der Waals surface area contributed by atoms with E-state index in [0.29, 0.717) is 39.5 Å². The van der Waals surface area contributed by atoms with Gasteiger partial charge in [-0.15, -0.1) is 0 Å². The number of benzene rings is 3. The third-order valence-corrected chi connectivity index (χ3v) is 8.59. The molecule has 2 unspecified atom stereocenters. The summed E-state index contributed by atoms with van der Waals surface area (Å²) in [4.78, 5) is 8.01. The van der Waals surface area contributed by atoms with Crippen LogP contribution < -0.4 is 22.0 Å². The molecule has 2 atom stereocenters. The SMILES string of the molecule is CC.[B]C(C)(CN)n1c(=N)n(C(C)(C)C)c2c3c(c(Nc4ncnc5c(C(F)(F)F)cc(F)cc45)cc21)C(c1cc(F)ccc1Cl)NC3=C. The Hall–Kier alpha value is -4.43. The lowest BCUT2D eigenvalue weighted by molar-refractivity contribution is -0.136. The van der Waals surface area contributed by atoms with Crippen molar-refractivity contribution in [2.24, 2.45) is 5.73 Å². The first kappa shape index (κ1) is 35.9. The van der Waals surface area contributed by atoms with Crippen LogP contribution in [0.1, 0.15) is 69.8 Å². The van der Waals surface area contributed by atoms with Crippen molar-refractivity contribution >= 4 is 58.6 Å². The molecule has 5 aromatic rings. The van der Waals surface area contributed by atoms with Crippen LogP contribution in [0.3, 0.4) is 0 Å². The second-order valence-corrected chi connectivity index (χ2v) is 13.1. The van der Waals surface area contributed by atoms with Gasteiger partial charge in [0.1, 0.15) is 31.6 Å². The van der Waals surface area contributed by atoms with Gasteiger partial charge in [-0.2, -0.15) is 13.2 Å². The van der Waals surface area contributed by atoms with E-state index in [2.05, 4.69) is 27.2 Å². The monoisotopic (exact) mass is 696 g/mol. The van der Waals surface area contributed by atoms with Gasteiger partial charge in [0.05, 0.1) is 28.2 Å². The lowest BCUT2D eigenvalue weighted by Gasteiger charge is -2.27. The van der Waals surface area contributed by atoms with Crippen molar-refractivity contribution in [3.05, 3.63) is 93.8 Å². The quantitative estimate of drug-likeness (QED) is 0.111. The number of imidazole rings is 1. The molecule has 0 spiro atoms. The Morgan fingerprint density at radius 3 is 2.33 bits per heavy atom. The third-order valence-electron chi connectivity index (χ3n) is 8.24. The number of alkyl halides is 3. The molecule has 49 heavy (non-hydrogen) atoms. The number of nitrogens with two attached hydrogens (primary N) is 1. The molecular weight excluding hydrogens is 662 g/mol. The molecule has 0 saturated heterocycles. The number of hydrogen-bond donors (Lipinski definition) is 4. The van der Waals surface area contributed by atoms with Crippen molar-refractivity contribution in [2.45, 2.75) is 64.7 Å². The number of hydrogen-bond acceptors (Lipinski definition) is 6. The second kappa shape index (κ2) is 12.5. The molecule has 1 aliphatic heterocycles. The Kier molecular flexibility index (Phi) is 9.13. The zero-order chi connectivity index (χ0) is 36.4. The highest BCUT2D eigenvalue weighted by molar-refractivity contribution is 6.31. The Balaban J connectivity index is 0.00000230. The average Bonchev–Trinajstić information content (AvgIpc) is 3.52. The molecule has 5 N–H and O–H groups in total. The Bertz CT molecular complexity index is 2180. The fourth-order valence-electron chi connectivity index (χ4n) is 6.22. The van der Waals surface area contributed by atoms with E-state index in [1.807, 2.05) is 34.6 Å². The van der Waals surface area contributed by atoms with Gasteiger partial charge in [0, 0.05) is 56.0 Å². The van der Waals surface area contributed by atoms with Crippen LogP contribution >= 0.6 is 11.6 Å². The Morgan fingerprint density at radius 1 is 1.04 bits per heavy atom. The van der Waals surface area contributed by atoms with E-state index in [9.17, 15) is 27.4 Å². The number of fused-ring (bicyclic) bond motifs is 4. The summed E-state index contributed by atoms with van der Waals surface area (Å²) in [5.41, 5.74) is 5.43. The van der Waals surface area contributed by atoms with E-state index in [1.54, 1.807) is 22.1 Å². The van der Waals surface area contributed by atoms with E-state index in [4.69, 9.17) is 25.2 Å². The standard InChI is InChI=1S/C32H29BClF5N8.C2H6/c1-14-23-24(26(44-14)17-8-15(35)6-7-20(17)34)21(11-22-27(23)47(30(2,3)4)29(41)46(22)31(5,33)12-40)45-28-18-9-16(36)10-19(32(37,38)39)25(18)42-13-43-28;1-2/h6-11,13,26,41,44H,1,12,40H2,2-5H3,(H,42,43,45);1-2H3. The molecule has 8 nitrogen and oxygen atoms in total. The topological polar surface area (TPSA) is 110 Å². The maximum Gasteiger partial charge on any atom is 0.418 e. The van der Waals surface area contributed by atoms with E-state index in [-0.39, 0.29) is 34.1 Å². The third kappa shape index (κ3) is 6.05. The minimum atomic E-state index is -4.90. The van der Waals surface area contributed by atoms with Gasteiger partial charge in [-0.05, 0) is 64.1 Å². The van der Waals surface area contributed by atoms with Gasteiger partial charge in [0.2, 0.25) is 5.62 Å². The average molecular weight is 697 g/mol. The smallest absolute Gasteiger partial charge is 0.374 e. The fraction of sp³-hybridized carbons (Fsp3) is 0.324. The number of halogens is 6. The molecule has 0 saturated carbocycles. The van der Waals surface area contributed by atoms with Crippen LogP contribution in [0.15, 0.2) is 49.3 Å². The summed E-state index contributed by atoms with van der Waals surface area (Å²) in [6.45, 7) is 15.6. The maximum absolute atomic E-state index is 14.7. The van der Waals surface area contributed by atoms with Crippen molar-refractivity contribution in [3.8, 4) is 0 Å². The number of aromatic nitrogens is 4. The molecule has 6 rings (SSSR count). The van der Waals surface area contributed by atoms with Crippen LogP contribution in [0, 0.1) is 17.0 Å². The van der Waals surface area contributed by atoms with Crippen LogP contribution in [0.4, 0.5) is 33.5 Å². The van der Waals surface area contributed by atoms with Gasteiger partial charge in [0.25, 0.3) is 0 Å². The van der Waals surface area contributed by atoms with Crippen molar-refractivity contribution in [2.75, 3.05) is 11.9 Å². The summed E-state index contributed by atoms with van der Waals surface area (Å²) in [5.74, 6) is -1.82. The predicted octanol–water partition coefficient (Wildman–Crippen LogP) is 7.80. The van der Waals surface area contributed by atoms with E-state index in [1.165, 1.54) is 18.2 Å². The number of nitrogens with zero attached hydrogens (tertiary/aromatic N) is 4. The van der Waals surface area contributed by atoms with Crippen LogP contribution in [0.25, 0.3) is 27.6 Å². The highest BCUT2D eigenvalue weighted by atomic mass is 35.5. The first-order valence-corrected chi connectivity index (χ1v) is 15.8. The summed E-state index contributed by atoms with van der Waals surface area (Å²) in [6, 6.07) is 6.03. The summed E-state index contributed by atoms with van der Waals surface area (Å²) in [7, 11) is 6.66. The van der Waals surface area contributed by atoms with Gasteiger partial charge >= 0.3 is 6.18 Å². The zero-order valence-electron chi connectivity index (χ0n) is 27.7. The van der Waals surface area contributed by atoms with Crippen molar-refractivity contribution in [1.82, 2.24) is 24.4 Å². The first-order valence-electron chi connectivity index (χ1n) is 15.4. The second-order valence-electron chi connectivity index (χ2n) is 12.7. The molecular formula is C34H35BClF5N8. The van der Waals surface area contributed by atoms with Crippen LogP contribution in [-0.4, -0.2) is 33.5 Å². The van der Waals surface area contributed by atoms with E-state index >= 15 is 0 Å². The summed E-state index contributed by atoms with van der Waals surface area (Å²) < 4.78 is 74.5. The minimum absolute atomic E-state index is 0.0201. The molecule has 0 fully saturated rings. The van der Waals surface area contributed by atoms with Gasteiger partial charge in [-0.3, -0.25) is 5.41 Å². The molecule has 256 valence electrons.